The minimum absolute atomic E-state index is 0.0199. The van der Waals surface area contributed by atoms with Crippen LogP contribution in [0.25, 0.3) is 11.2 Å². The smallest absolute Gasteiger partial charge is 0.377 e. The summed E-state index contributed by atoms with van der Waals surface area (Å²) in [5.74, 6) is 0.200. The predicted octanol–water partition coefficient (Wildman–Crippen LogP) is 0.122. The van der Waals surface area contributed by atoms with Crippen LogP contribution in [0.15, 0.2) is 10.8 Å². The summed E-state index contributed by atoms with van der Waals surface area (Å²) >= 11 is 0. The van der Waals surface area contributed by atoms with Crippen molar-refractivity contribution in [1.82, 2.24) is 4.73 Å². The first kappa shape index (κ1) is 8.54. The summed E-state index contributed by atoms with van der Waals surface area (Å²) in [6.07, 6.45) is 0.916. The fourth-order valence-corrected chi connectivity index (χ4v) is 1.30. The van der Waals surface area contributed by atoms with Gasteiger partial charge < -0.3 is 24.3 Å². The molecule has 0 radical (unpaired) electrons. The Morgan fingerprint density at radius 2 is 2.21 bits per heavy atom. The highest BCUT2D eigenvalue weighted by Gasteiger charge is 2.31. The average molecular weight is 200 g/mol. The van der Waals surface area contributed by atoms with Gasteiger partial charge >= 0.3 is 11.5 Å². The first-order valence-corrected chi connectivity index (χ1v) is 3.73. The monoisotopic (exact) mass is 200 g/mol. The lowest BCUT2D eigenvalue weighted by Gasteiger charge is -1.98. The fraction of sp³-hybridized carbons (Fsp3) is 0.286. The van der Waals surface area contributed by atoms with E-state index >= 15 is 0 Å². The molecule has 2 aromatic rings. The van der Waals surface area contributed by atoms with Gasteiger partial charge in [-0.1, -0.05) is 0 Å². The Morgan fingerprint density at radius 3 is 2.79 bits per heavy atom. The quantitative estimate of drug-likeness (QED) is 0.423. The molecule has 0 bridgehead atoms. The zero-order valence-electron chi connectivity index (χ0n) is 7.55. The molecule has 0 unspecified atom stereocenters. The molecule has 2 heterocycles. The molecule has 0 aromatic carbocycles. The highest BCUT2D eigenvalue weighted by Crippen LogP contribution is 2.36. The molecule has 0 aliphatic carbocycles. The molecule has 0 fully saturated rings. The Balaban J connectivity index is 2.85. The van der Waals surface area contributed by atoms with Gasteiger partial charge in [0.15, 0.2) is 0 Å². The topological polar surface area (TPSA) is 83.7 Å². The van der Waals surface area contributed by atoms with Crippen LogP contribution in [0.4, 0.5) is 0 Å². The second kappa shape index (κ2) is 2.72. The van der Waals surface area contributed by atoms with E-state index in [4.69, 9.17) is 13.9 Å². The summed E-state index contributed by atoms with van der Waals surface area (Å²) in [5, 5.41) is 20.6. The number of methoxy groups -OCH3 is 2. The second-order valence-corrected chi connectivity index (χ2v) is 2.56. The predicted molar refractivity (Wildman–Crippen MR) is 43.5 cm³/mol. The number of fused-ring (bicyclic) bond motifs is 1. The van der Waals surface area contributed by atoms with Crippen molar-refractivity contribution in [2.45, 2.75) is 0 Å². The van der Waals surface area contributed by atoms with Crippen LogP contribution in [0, 0.1) is 5.21 Å². The summed E-state index contributed by atoms with van der Waals surface area (Å²) in [6, 6.07) is 0. The van der Waals surface area contributed by atoms with Crippen LogP contribution in [0.3, 0.4) is 0 Å². The van der Waals surface area contributed by atoms with Gasteiger partial charge in [0, 0.05) is 4.73 Å². The summed E-state index contributed by atoms with van der Waals surface area (Å²) < 4.78 is 15.6. The Bertz CT molecular complexity index is 472. The SMILES string of the molecule is COc1c(OC)n(O)c2c1oc[n+]2[O-]. The summed E-state index contributed by atoms with van der Waals surface area (Å²) in [7, 11) is 2.73. The number of ether oxygens (including phenoxy) is 2. The van der Waals surface area contributed by atoms with Gasteiger partial charge in [-0.25, -0.2) is 0 Å². The molecule has 0 aliphatic heterocycles. The van der Waals surface area contributed by atoms with Crippen LogP contribution in [0.5, 0.6) is 11.6 Å². The lowest BCUT2D eigenvalue weighted by Crippen LogP contribution is -2.25. The molecule has 7 heteroatoms. The van der Waals surface area contributed by atoms with Crippen LogP contribution in [-0.4, -0.2) is 24.2 Å². The summed E-state index contributed by atoms with van der Waals surface area (Å²) in [4.78, 5) is 0. The fourth-order valence-electron chi connectivity index (χ4n) is 1.30. The lowest BCUT2D eigenvalue weighted by atomic mass is 10.5. The summed E-state index contributed by atoms with van der Waals surface area (Å²) in [6.45, 7) is 0. The van der Waals surface area contributed by atoms with Crippen LogP contribution in [-0.2, 0) is 0 Å². The number of rotatable bonds is 2. The molecule has 0 spiro atoms. The van der Waals surface area contributed by atoms with Crippen molar-refractivity contribution in [1.29, 1.82) is 0 Å². The zero-order valence-corrected chi connectivity index (χ0v) is 7.55. The summed E-state index contributed by atoms with van der Waals surface area (Å²) in [5.41, 5.74) is 0.0700. The molecule has 2 rings (SSSR count). The van der Waals surface area contributed by atoms with Crippen LogP contribution < -0.4 is 14.2 Å². The van der Waals surface area contributed by atoms with Gasteiger partial charge in [-0.3, -0.25) is 0 Å². The van der Waals surface area contributed by atoms with Crippen molar-refractivity contribution in [3.8, 4) is 11.6 Å². The van der Waals surface area contributed by atoms with Crippen molar-refractivity contribution in [2.75, 3.05) is 14.2 Å². The minimum atomic E-state index is -0.0706. The molecule has 0 saturated carbocycles. The largest absolute Gasteiger partial charge is 0.708 e. The van der Waals surface area contributed by atoms with E-state index in [0.717, 1.165) is 6.39 Å². The maximum Gasteiger partial charge on any atom is 0.377 e. The molecule has 7 nitrogen and oxygen atoms in total. The Morgan fingerprint density at radius 1 is 1.50 bits per heavy atom. The molecular formula is C7H8N2O5. The van der Waals surface area contributed by atoms with Crippen molar-refractivity contribution >= 4 is 11.2 Å². The third kappa shape index (κ3) is 0.832. The maximum absolute atomic E-state index is 11.1. The number of aromatic nitrogens is 2. The van der Waals surface area contributed by atoms with Crippen molar-refractivity contribution in [3.05, 3.63) is 11.6 Å². The third-order valence-corrected chi connectivity index (χ3v) is 1.87. The third-order valence-electron chi connectivity index (χ3n) is 1.87. The van der Waals surface area contributed by atoms with E-state index in [-0.39, 0.29) is 22.9 Å². The van der Waals surface area contributed by atoms with Crippen LogP contribution >= 0.6 is 0 Å². The van der Waals surface area contributed by atoms with Gasteiger partial charge in [0.05, 0.1) is 14.2 Å². The standard InChI is InChI=1S/C7H8N2O5/c1-12-5-4-6(8(10)3-14-4)9(11)7(5)13-2/h3,11H,1-2H3. The van der Waals surface area contributed by atoms with Gasteiger partial charge in [0.2, 0.25) is 0 Å². The van der Waals surface area contributed by atoms with Gasteiger partial charge in [-0.2, -0.15) is 4.73 Å². The van der Waals surface area contributed by atoms with E-state index in [1.165, 1.54) is 14.2 Å². The molecule has 0 saturated heterocycles. The molecule has 76 valence electrons. The Labute approximate surface area is 78.2 Å². The van der Waals surface area contributed by atoms with Crippen molar-refractivity contribution in [2.24, 2.45) is 0 Å². The van der Waals surface area contributed by atoms with Gasteiger partial charge in [0.25, 0.3) is 17.7 Å². The Hall–Kier alpha value is -2.05. The number of nitrogens with zero attached hydrogens (tertiary/aromatic N) is 2. The number of hydrogen-bond acceptors (Lipinski definition) is 5. The molecule has 2 aromatic heterocycles. The van der Waals surface area contributed by atoms with Crippen LogP contribution in [0.2, 0.25) is 0 Å². The highest BCUT2D eigenvalue weighted by atomic mass is 16.6. The molecular weight excluding hydrogens is 192 g/mol. The first-order chi connectivity index (χ1) is 6.70. The van der Waals surface area contributed by atoms with E-state index < -0.39 is 0 Å². The molecule has 0 atom stereocenters. The van der Waals surface area contributed by atoms with Gasteiger partial charge in [0.1, 0.15) is 0 Å². The molecule has 14 heavy (non-hydrogen) atoms. The zero-order chi connectivity index (χ0) is 10.3. The highest BCUT2D eigenvalue weighted by molar-refractivity contribution is 5.78. The maximum atomic E-state index is 11.1. The number of oxazole rings is 1. The van der Waals surface area contributed by atoms with Crippen molar-refractivity contribution < 1.29 is 23.8 Å². The van der Waals surface area contributed by atoms with E-state index in [1.807, 2.05) is 0 Å². The average Bonchev–Trinajstić information content (AvgIpc) is 2.66. The Kier molecular flexibility index (Phi) is 1.66. The normalized spacial score (nSPS) is 10.7. The molecule has 0 aliphatic rings. The van der Waals surface area contributed by atoms with E-state index in [2.05, 4.69) is 0 Å². The van der Waals surface area contributed by atoms with Crippen LogP contribution in [0.1, 0.15) is 0 Å². The van der Waals surface area contributed by atoms with Crippen molar-refractivity contribution in [3.63, 3.8) is 0 Å². The van der Waals surface area contributed by atoms with Gasteiger partial charge in [-0.05, 0) is 0 Å². The molecule has 0 amide bonds. The minimum Gasteiger partial charge on any atom is -0.708 e. The van der Waals surface area contributed by atoms with Gasteiger partial charge in [-0.15, -0.1) is 0 Å². The van der Waals surface area contributed by atoms with E-state index in [1.54, 1.807) is 0 Å². The van der Waals surface area contributed by atoms with E-state index in [9.17, 15) is 10.4 Å². The molecule has 1 N–H and O–H groups in total. The lowest BCUT2D eigenvalue weighted by molar-refractivity contribution is -0.587. The first-order valence-electron chi connectivity index (χ1n) is 3.73. The van der Waals surface area contributed by atoms with E-state index in [0.29, 0.717) is 9.46 Å². The number of hydrogen-bond donors (Lipinski definition) is 1. The second-order valence-electron chi connectivity index (χ2n) is 2.56.